The summed E-state index contributed by atoms with van der Waals surface area (Å²) < 4.78 is 32.9. The number of rotatable bonds is 4. The van der Waals surface area contributed by atoms with Crippen molar-refractivity contribution in [2.75, 3.05) is 11.9 Å². The van der Waals surface area contributed by atoms with Crippen LogP contribution in [0.3, 0.4) is 0 Å². The van der Waals surface area contributed by atoms with Gasteiger partial charge in [-0.05, 0) is 49.8 Å². The predicted molar refractivity (Wildman–Crippen MR) is 95.8 cm³/mol. The second-order valence-corrected chi connectivity index (χ2v) is 7.43. The standard InChI is InChI=1S/C19H19F2NO3S/c1-3-25-19(24)15-11-8-7-10(2)9-14(11)26-18(15)22-17(23)16-12(20)5-4-6-13(16)21/h4-6,10H,3,7-9H2,1-2H3,(H,22,23)/t10-/m1/s1. The average Bonchev–Trinajstić information content (AvgIpc) is 2.91. The lowest BCUT2D eigenvalue weighted by atomic mass is 9.88. The minimum Gasteiger partial charge on any atom is -0.462 e. The zero-order valence-corrected chi connectivity index (χ0v) is 15.3. The molecule has 0 saturated carbocycles. The molecule has 3 rings (SSSR count). The van der Waals surface area contributed by atoms with Crippen molar-refractivity contribution < 1.29 is 23.1 Å². The fourth-order valence-corrected chi connectivity index (χ4v) is 4.53. The molecule has 1 amide bonds. The number of amides is 1. The molecule has 1 atom stereocenters. The first-order valence-corrected chi connectivity index (χ1v) is 9.31. The van der Waals surface area contributed by atoms with Crippen LogP contribution in [-0.2, 0) is 17.6 Å². The molecule has 1 heterocycles. The van der Waals surface area contributed by atoms with Gasteiger partial charge in [-0.3, -0.25) is 4.79 Å². The van der Waals surface area contributed by atoms with Crippen LogP contribution in [0.5, 0.6) is 0 Å². The highest BCUT2D eigenvalue weighted by Gasteiger charge is 2.30. The number of anilines is 1. The van der Waals surface area contributed by atoms with E-state index < -0.39 is 29.1 Å². The predicted octanol–water partition coefficient (Wildman–Crippen LogP) is 4.58. The first-order valence-electron chi connectivity index (χ1n) is 8.49. The van der Waals surface area contributed by atoms with E-state index in [1.54, 1.807) is 6.92 Å². The topological polar surface area (TPSA) is 55.4 Å². The number of nitrogens with one attached hydrogen (secondary N) is 1. The van der Waals surface area contributed by atoms with E-state index in [-0.39, 0.29) is 11.6 Å². The van der Waals surface area contributed by atoms with Crippen LogP contribution in [0.25, 0.3) is 0 Å². The number of carbonyl (C=O) groups is 2. The SMILES string of the molecule is CCOC(=O)c1c(NC(=O)c2c(F)cccc2F)sc2c1CC[C@@H](C)C2. The molecule has 0 unspecified atom stereocenters. The second-order valence-electron chi connectivity index (χ2n) is 6.33. The van der Waals surface area contributed by atoms with Gasteiger partial charge in [0.15, 0.2) is 0 Å². The minimum atomic E-state index is -0.949. The Balaban J connectivity index is 1.99. The van der Waals surface area contributed by atoms with E-state index in [2.05, 4.69) is 12.2 Å². The molecule has 1 aliphatic rings. The lowest BCUT2D eigenvalue weighted by Gasteiger charge is -2.18. The van der Waals surface area contributed by atoms with E-state index in [4.69, 9.17) is 4.74 Å². The van der Waals surface area contributed by atoms with Gasteiger partial charge in [-0.2, -0.15) is 0 Å². The zero-order valence-electron chi connectivity index (χ0n) is 14.5. The monoisotopic (exact) mass is 379 g/mol. The molecular formula is C19H19F2NO3S. The van der Waals surface area contributed by atoms with E-state index in [9.17, 15) is 18.4 Å². The molecule has 7 heteroatoms. The van der Waals surface area contributed by atoms with Crippen molar-refractivity contribution in [2.45, 2.75) is 33.1 Å². The maximum absolute atomic E-state index is 13.9. The van der Waals surface area contributed by atoms with Crippen molar-refractivity contribution in [3.05, 3.63) is 51.4 Å². The number of ether oxygens (including phenoxy) is 1. The molecule has 4 nitrogen and oxygen atoms in total. The van der Waals surface area contributed by atoms with Gasteiger partial charge in [0, 0.05) is 4.88 Å². The molecule has 1 aliphatic carbocycles. The normalized spacial score (nSPS) is 16.1. The summed E-state index contributed by atoms with van der Waals surface area (Å²) in [5.41, 5.74) is 0.516. The number of esters is 1. The Morgan fingerprint density at radius 3 is 2.62 bits per heavy atom. The number of halogens is 2. The molecule has 2 aromatic rings. The molecule has 1 aromatic heterocycles. The smallest absolute Gasteiger partial charge is 0.341 e. The summed E-state index contributed by atoms with van der Waals surface area (Å²) in [5, 5.41) is 2.81. The van der Waals surface area contributed by atoms with E-state index in [1.807, 2.05) is 0 Å². The summed E-state index contributed by atoms with van der Waals surface area (Å²) >= 11 is 1.28. The van der Waals surface area contributed by atoms with Gasteiger partial charge in [0.2, 0.25) is 0 Å². The average molecular weight is 379 g/mol. The van der Waals surface area contributed by atoms with Crippen LogP contribution in [0, 0.1) is 17.6 Å². The molecule has 1 aromatic carbocycles. The molecule has 0 spiro atoms. The van der Waals surface area contributed by atoms with Crippen molar-refractivity contribution in [1.82, 2.24) is 0 Å². The van der Waals surface area contributed by atoms with Crippen LogP contribution in [0.15, 0.2) is 18.2 Å². The fourth-order valence-electron chi connectivity index (χ4n) is 3.14. The number of carbonyl (C=O) groups excluding carboxylic acids is 2. The van der Waals surface area contributed by atoms with Gasteiger partial charge in [0.05, 0.1) is 12.2 Å². The van der Waals surface area contributed by atoms with Crippen LogP contribution in [0.2, 0.25) is 0 Å². The fraction of sp³-hybridized carbons (Fsp3) is 0.368. The van der Waals surface area contributed by atoms with Crippen molar-refractivity contribution >= 4 is 28.2 Å². The molecule has 0 fully saturated rings. The lowest BCUT2D eigenvalue weighted by molar-refractivity contribution is 0.0526. The summed E-state index contributed by atoms with van der Waals surface area (Å²) in [6.45, 7) is 4.03. The van der Waals surface area contributed by atoms with Crippen molar-refractivity contribution in [1.29, 1.82) is 0 Å². The second kappa shape index (κ2) is 7.53. The molecule has 26 heavy (non-hydrogen) atoms. The van der Waals surface area contributed by atoms with Gasteiger partial charge in [-0.1, -0.05) is 13.0 Å². The van der Waals surface area contributed by atoms with Gasteiger partial charge < -0.3 is 10.1 Å². The van der Waals surface area contributed by atoms with Crippen LogP contribution in [0.1, 0.15) is 51.4 Å². The summed E-state index contributed by atoms with van der Waals surface area (Å²) in [6.07, 6.45) is 2.45. The molecule has 0 saturated heterocycles. The number of thiophene rings is 1. The number of hydrogen-bond donors (Lipinski definition) is 1. The Kier molecular flexibility index (Phi) is 5.36. The summed E-state index contributed by atoms with van der Waals surface area (Å²) in [6, 6.07) is 3.23. The molecule has 1 N–H and O–H groups in total. The van der Waals surface area contributed by atoms with Gasteiger partial charge in [-0.15, -0.1) is 11.3 Å². The van der Waals surface area contributed by atoms with Gasteiger partial charge in [0.25, 0.3) is 5.91 Å². The highest BCUT2D eigenvalue weighted by molar-refractivity contribution is 7.17. The zero-order chi connectivity index (χ0) is 18.8. The van der Waals surface area contributed by atoms with Crippen LogP contribution in [0.4, 0.5) is 13.8 Å². The van der Waals surface area contributed by atoms with Crippen LogP contribution in [-0.4, -0.2) is 18.5 Å². The van der Waals surface area contributed by atoms with Crippen molar-refractivity contribution in [3.63, 3.8) is 0 Å². The summed E-state index contributed by atoms with van der Waals surface area (Å²) in [5.74, 6) is -2.87. The Bertz CT molecular complexity index is 842. The van der Waals surface area contributed by atoms with Crippen LogP contribution < -0.4 is 5.32 Å². The highest BCUT2D eigenvalue weighted by atomic mass is 32.1. The summed E-state index contributed by atoms with van der Waals surface area (Å²) in [4.78, 5) is 25.9. The maximum atomic E-state index is 13.9. The molecule has 0 radical (unpaired) electrons. The highest BCUT2D eigenvalue weighted by Crippen LogP contribution is 2.40. The Labute approximate surface area is 154 Å². The first kappa shape index (κ1) is 18.5. The number of hydrogen-bond acceptors (Lipinski definition) is 4. The molecule has 138 valence electrons. The minimum absolute atomic E-state index is 0.204. The molecule has 0 bridgehead atoms. The van der Waals surface area contributed by atoms with E-state index in [0.717, 1.165) is 35.4 Å². The quantitative estimate of drug-likeness (QED) is 0.791. The van der Waals surface area contributed by atoms with Crippen LogP contribution >= 0.6 is 11.3 Å². The Morgan fingerprint density at radius 1 is 1.27 bits per heavy atom. The van der Waals surface area contributed by atoms with Gasteiger partial charge >= 0.3 is 5.97 Å². The van der Waals surface area contributed by atoms with Gasteiger partial charge in [-0.25, -0.2) is 13.6 Å². The van der Waals surface area contributed by atoms with E-state index >= 15 is 0 Å². The largest absolute Gasteiger partial charge is 0.462 e. The number of benzene rings is 1. The molecular weight excluding hydrogens is 360 g/mol. The lowest BCUT2D eigenvalue weighted by Crippen LogP contribution is -2.18. The first-order chi connectivity index (χ1) is 12.4. The maximum Gasteiger partial charge on any atom is 0.341 e. The third-order valence-electron chi connectivity index (χ3n) is 4.41. The van der Waals surface area contributed by atoms with Crippen molar-refractivity contribution in [3.8, 4) is 0 Å². The summed E-state index contributed by atoms with van der Waals surface area (Å²) in [7, 11) is 0. The third kappa shape index (κ3) is 3.49. The molecule has 0 aliphatic heterocycles. The van der Waals surface area contributed by atoms with Gasteiger partial charge in [0.1, 0.15) is 22.2 Å². The van der Waals surface area contributed by atoms with Crippen molar-refractivity contribution in [2.24, 2.45) is 5.92 Å². The number of fused-ring (bicyclic) bond motifs is 1. The third-order valence-corrected chi connectivity index (χ3v) is 5.58. The Morgan fingerprint density at radius 2 is 1.96 bits per heavy atom. The Hall–Kier alpha value is -2.28. The van der Waals surface area contributed by atoms with E-state index in [0.29, 0.717) is 17.9 Å². The van der Waals surface area contributed by atoms with E-state index in [1.165, 1.54) is 17.4 Å².